The molecule has 98 valence electrons. The van der Waals surface area contributed by atoms with Crippen LogP contribution in [-0.2, 0) is 0 Å². The number of halogens is 5. The van der Waals surface area contributed by atoms with E-state index in [1.54, 1.807) is 6.07 Å². The maximum Gasteiger partial charge on any atom is 0.390 e. The molecule has 0 spiro atoms. The minimum absolute atomic E-state index is 0. The molecule has 1 rings (SSSR count). The standard InChI is InChI=1S/C10H11BrF3NO.ClH/c1-16-9-3-2-6(4-7(9)11)8(15)5-10(12,13)14;/h2-4,8H,5,15H2,1H3;1H/t8-;/m1./s1. The van der Waals surface area contributed by atoms with E-state index in [9.17, 15) is 13.2 Å². The van der Waals surface area contributed by atoms with Gasteiger partial charge in [0.1, 0.15) is 5.75 Å². The highest BCUT2D eigenvalue weighted by Crippen LogP contribution is 2.32. The van der Waals surface area contributed by atoms with Gasteiger partial charge in [-0.15, -0.1) is 12.4 Å². The van der Waals surface area contributed by atoms with Gasteiger partial charge in [-0.05, 0) is 33.6 Å². The Hall–Kier alpha value is -0.460. The molecule has 0 radical (unpaired) electrons. The minimum Gasteiger partial charge on any atom is -0.496 e. The zero-order valence-corrected chi connectivity index (χ0v) is 11.3. The molecule has 17 heavy (non-hydrogen) atoms. The molecule has 0 saturated heterocycles. The van der Waals surface area contributed by atoms with Crippen molar-refractivity contribution in [1.82, 2.24) is 0 Å². The molecule has 2 nitrogen and oxygen atoms in total. The molecular formula is C10H12BrClF3NO. The monoisotopic (exact) mass is 333 g/mol. The van der Waals surface area contributed by atoms with E-state index in [-0.39, 0.29) is 12.4 Å². The van der Waals surface area contributed by atoms with Gasteiger partial charge in [0, 0.05) is 6.04 Å². The van der Waals surface area contributed by atoms with Crippen molar-refractivity contribution in [3.05, 3.63) is 28.2 Å². The van der Waals surface area contributed by atoms with E-state index < -0.39 is 18.6 Å². The molecule has 0 aromatic heterocycles. The quantitative estimate of drug-likeness (QED) is 0.912. The second-order valence-corrected chi connectivity index (χ2v) is 4.17. The normalized spacial score (nSPS) is 12.8. The first-order chi connectivity index (χ1) is 7.33. The molecule has 0 aliphatic heterocycles. The topological polar surface area (TPSA) is 35.2 Å². The fourth-order valence-electron chi connectivity index (χ4n) is 1.28. The SMILES string of the molecule is COc1ccc([C@H](N)CC(F)(F)F)cc1Br.Cl. The van der Waals surface area contributed by atoms with E-state index in [1.807, 2.05) is 0 Å². The van der Waals surface area contributed by atoms with Crippen molar-refractivity contribution in [2.24, 2.45) is 5.73 Å². The zero-order valence-electron chi connectivity index (χ0n) is 8.92. The summed E-state index contributed by atoms with van der Waals surface area (Å²) in [6.07, 6.45) is -5.29. The van der Waals surface area contributed by atoms with Crippen LogP contribution in [0.2, 0.25) is 0 Å². The number of rotatable bonds is 3. The van der Waals surface area contributed by atoms with Gasteiger partial charge < -0.3 is 10.5 Å². The summed E-state index contributed by atoms with van der Waals surface area (Å²) in [4.78, 5) is 0. The molecule has 1 atom stereocenters. The third-order valence-corrected chi connectivity index (χ3v) is 2.68. The molecule has 0 unspecified atom stereocenters. The second-order valence-electron chi connectivity index (χ2n) is 3.32. The Bertz CT molecular complexity index is 373. The van der Waals surface area contributed by atoms with Crippen LogP contribution in [0.25, 0.3) is 0 Å². The molecule has 7 heteroatoms. The van der Waals surface area contributed by atoms with E-state index in [4.69, 9.17) is 10.5 Å². The van der Waals surface area contributed by atoms with Crippen molar-refractivity contribution in [2.45, 2.75) is 18.6 Å². The van der Waals surface area contributed by atoms with Crippen LogP contribution in [0.1, 0.15) is 18.0 Å². The summed E-state index contributed by atoms with van der Waals surface area (Å²) in [5.74, 6) is 0.558. The van der Waals surface area contributed by atoms with Gasteiger partial charge in [0.2, 0.25) is 0 Å². The van der Waals surface area contributed by atoms with E-state index >= 15 is 0 Å². The van der Waals surface area contributed by atoms with Crippen molar-refractivity contribution in [2.75, 3.05) is 7.11 Å². The fourth-order valence-corrected chi connectivity index (χ4v) is 1.84. The molecule has 1 aromatic rings. The third-order valence-electron chi connectivity index (χ3n) is 2.06. The highest BCUT2D eigenvalue weighted by molar-refractivity contribution is 9.10. The van der Waals surface area contributed by atoms with Crippen LogP contribution in [-0.4, -0.2) is 13.3 Å². The van der Waals surface area contributed by atoms with E-state index in [0.717, 1.165) is 0 Å². The van der Waals surface area contributed by atoms with Crippen LogP contribution in [0, 0.1) is 0 Å². The number of alkyl halides is 3. The Labute approximate surface area is 112 Å². The van der Waals surface area contributed by atoms with Crippen LogP contribution in [0.15, 0.2) is 22.7 Å². The highest BCUT2D eigenvalue weighted by atomic mass is 79.9. The third kappa shape index (κ3) is 5.14. The average molecular weight is 335 g/mol. The number of methoxy groups -OCH3 is 1. The Balaban J connectivity index is 0.00000256. The lowest BCUT2D eigenvalue weighted by Crippen LogP contribution is -2.20. The van der Waals surface area contributed by atoms with Gasteiger partial charge >= 0.3 is 6.18 Å². The lowest BCUT2D eigenvalue weighted by atomic mass is 10.0. The summed E-state index contributed by atoms with van der Waals surface area (Å²) in [7, 11) is 1.48. The first kappa shape index (κ1) is 16.5. The summed E-state index contributed by atoms with van der Waals surface area (Å²) in [6.45, 7) is 0. The van der Waals surface area contributed by atoms with Crippen molar-refractivity contribution < 1.29 is 17.9 Å². The van der Waals surface area contributed by atoms with Gasteiger partial charge in [0.25, 0.3) is 0 Å². The van der Waals surface area contributed by atoms with Crippen LogP contribution < -0.4 is 10.5 Å². The first-order valence-electron chi connectivity index (χ1n) is 4.49. The molecule has 0 fully saturated rings. The number of nitrogens with two attached hydrogens (primary N) is 1. The lowest BCUT2D eigenvalue weighted by molar-refractivity contribution is -0.138. The maximum atomic E-state index is 12.1. The molecule has 2 N–H and O–H groups in total. The van der Waals surface area contributed by atoms with Crippen LogP contribution >= 0.6 is 28.3 Å². The largest absolute Gasteiger partial charge is 0.496 e. The first-order valence-corrected chi connectivity index (χ1v) is 5.28. The summed E-state index contributed by atoms with van der Waals surface area (Å²) in [6, 6.07) is 3.59. The van der Waals surface area contributed by atoms with E-state index in [2.05, 4.69) is 15.9 Å². The number of ether oxygens (including phenoxy) is 1. The summed E-state index contributed by atoms with van der Waals surface area (Å²) in [5.41, 5.74) is 5.88. The Kier molecular flexibility index (Phi) is 6.29. The van der Waals surface area contributed by atoms with Crippen LogP contribution in [0.5, 0.6) is 5.75 Å². The Morgan fingerprint density at radius 2 is 2.00 bits per heavy atom. The van der Waals surface area contributed by atoms with Crippen LogP contribution in [0.3, 0.4) is 0 Å². The van der Waals surface area contributed by atoms with Gasteiger partial charge in [0.15, 0.2) is 0 Å². The second kappa shape index (κ2) is 6.47. The van der Waals surface area contributed by atoms with Gasteiger partial charge in [-0.3, -0.25) is 0 Å². The number of hydrogen-bond acceptors (Lipinski definition) is 2. The van der Waals surface area contributed by atoms with Gasteiger partial charge in [-0.1, -0.05) is 6.07 Å². The maximum absolute atomic E-state index is 12.1. The van der Waals surface area contributed by atoms with Crippen LogP contribution in [0.4, 0.5) is 13.2 Å². The molecule has 0 bridgehead atoms. The molecular weight excluding hydrogens is 322 g/mol. The van der Waals surface area contributed by atoms with Gasteiger partial charge in [0.05, 0.1) is 18.0 Å². The highest BCUT2D eigenvalue weighted by Gasteiger charge is 2.31. The predicted octanol–water partition coefficient (Wildman–Crippen LogP) is 3.83. The summed E-state index contributed by atoms with van der Waals surface area (Å²) < 4.78 is 41.9. The van der Waals surface area contributed by atoms with Gasteiger partial charge in [-0.2, -0.15) is 13.2 Å². The van der Waals surface area contributed by atoms with E-state index in [1.165, 1.54) is 19.2 Å². The summed E-state index contributed by atoms with van der Waals surface area (Å²) in [5, 5.41) is 0. The van der Waals surface area contributed by atoms with Crippen molar-refractivity contribution in [1.29, 1.82) is 0 Å². The predicted molar refractivity (Wildman–Crippen MR) is 65.5 cm³/mol. The van der Waals surface area contributed by atoms with E-state index in [0.29, 0.717) is 15.8 Å². The molecule has 0 aliphatic rings. The molecule has 1 aromatic carbocycles. The Morgan fingerprint density at radius 3 is 2.41 bits per heavy atom. The van der Waals surface area contributed by atoms with Gasteiger partial charge in [-0.25, -0.2) is 0 Å². The fraction of sp³-hybridized carbons (Fsp3) is 0.400. The smallest absolute Gasteiger partial charge is 0.390 e. The average Bonchev–Trinajstić information content (AvgIpc) is 2.15. The number of benzene rings is 1. The van der Waals surface area contributed by atoms with Crippen molar-refractivity contribution in [3.63, 3.8) is 0 Å². The molecule has 0 saturated carbocycles. The Morgan fingerprint density at radius 1 is 1.41 bits per heavy atom. The van der Waals surface area contributed by atoms with Crippen molar-refractivity contribution in [3.8, 4) is 5.75 Å². The van der Waals surface area contributed by atoms with Crippen molar-refractivity contribution >= 4 is 28.3 Å². The zero-order chi connectivity index (χ0) is 12.3. The number of hydrogen-bond donors (Lipinski definition) is 1. The lowest BCUT2D eigenvalue weighted by Gasteiger charge is -2.15. The minimum atomic E-state index is -4.26. The summed E-state index contributed by atoms with van der Waals surface area (Å²) >= 11 is 3.19. The molecule has 0 aliphatic carbocycles. The molecule has 0 heterocycles. The molecule has 0 amide bonds.